The van der Waals surface area contributed by atoms with Gasteiger partial charge in [0, 0.05) is 28.8 Å². The number of carbonyl (C=O) groups excluding carboxylic acids is 1. The molecule has 0 bridgehead atoms. The van der Waals surface area contributed by atoms with E-state index in [-0.39, 0.29) is 12.5 Å². The van der Waals surface area contributed by atoms with Crippen LogP contribution in [0.2, 0.25) is 5.02 Å². The number of hydrogen-bond acceptors (Lipinski definition) is 3. The number of aromatic nitrogens is 2. The van der Waals surface area contributed by atoms with Crippen LogP contribution < -0.4 is 4.90 Å². The number of benzene rings is 1. The molecule has 114 valence electrons. The summed E-state index contributed by atoms with van der Waals surface area (Å²) in [7, 11) is 0. The van der Waals surface area contributed by atoms with E-state index in [1.165, 1.54) is 4.68 Å². The van der Waals surface area contributed by atoms with Gasteiger partial charge in [0.05, 0.1) is 17.9 Å². The van der Waals surface area contributed by atoms with E-state index in [4.69, 9.17) is 16.7 Å². The van der Waals surface area contributed by atoms with Crippen molar-refractivity contribution in [1.82, 2.24) is 9.78 Å². The summed E-state index contributed by atoms with van der Waals surface area (Å²) in [5.74, 6) is -0.965. The van der Waals surface area contributed by atoms with Crippen molar-refractivity contribution in [3.8, 4) is 11.3 Å². The summed E-state index contributed by atoms with van der Waals surface area (Å²) < 4.78 is 1.37. The summed E-state index contributed by atoms with van der Waals surface area (Å²) in [6.07, 6.45) is 2.06. The normalized spacial score (nSPS) is 12.7. The highest BCUT2D eigenvalue weighted by atomic mass is 35.5. The number of anilines is 1. The Kier molecular flexibility index (Phi) is 3.62. The van der Waals surface area contributed by atoms with Gasteiger partial charge < -0.3 is 10.0 Å². The predicted octanol–water partition coefficient (Wildman–Crippen LogP) is 2.54. The third-order valence-corrected chi connectivity index (χ3v) is 3.81. The minimum atomic E-state index is -0.965. The van der Waals surface area contributed by atoms with E-state index in [2.05, 4.69) is 5.10 Å². The minimum absolute atomic E-state index is 0.000192. The van der Waals surface area contributed by atoms with Crippen LogP contribution in [0.3, 0.4) is 0 Å². The monoisotopic (exact) mass is 319 g/mol. The Morgan fingerprint density at radius 3 is 2.86 bits per heavy atom. The van der Waals surface area contributed by atoms with Crippen LogP contribution in [0.4, 0.5) is 5.69 Å². The maximum Gasteiger partial charge on any atom is 0.325 e. The predicted molar refractivity (Wildman–Crippen MR) is 81.8 cm³/mol. The van der Waals surface area contributed by atoms with Crippen molar-refractivity contribution in [2.24, 2.45) is 0 Å². The number of fused-ring (bicyclic) bond motifs is 3. The number of rotatable bonds is 3. The van der Waals surface area contributed by atoms with Gasteiger partial charge in [-0.3, -0.25) is 14.3 Å². The van der Waals surface area contributed by atoms with Crippen molar-refractivity contribution in [2.45, 2.75) is 26.4 Å². The molecule has 1 amide bonds. The summed E-state index contributed by atoms with van der Waals surface area (Å²) in [6, 6.07) is 5.28. The minimum Gasteiger partial charge on any atom is -0.480 e. The van der Waals surface area contributed by atoms with Gasteiger partial charge in [-0.05, 0) is 18.2 Å². The highest BCUT2D eigenvalue weighted by Crippen LogP contribution is 2.39. The molecule has 0 spiro atoms. The largest absolute Gasteiger partial charge is 0.480 e. The zero-order valence-corrected chi connectivity index (χ0v) is 12.7. The first-order valence-electron chi connectivity index (χ1n) is 6.88. The van der Waals surface area contributed by atoms with Crippen LogP contribution in [-0.2, 0) is 22.7 Å². The van der Waals surface area contributed by atoms with E-state index < -0.39 is 5.97 Å². The molecule has 0 aliphatic carbocycles. The third-order valence-electron chi connectivity index (χ3n) is 3.57. The zero-order valence-electron chi connectivity index (χ0n) is 11.9. The summed E-state index contributed by atoms with van der Waals surface area (Å²) in [6.45, 7) is 1.97. The number of amides is 1. The lowest BCUT2D eigenvalue weighted by atomic mass is 10.00. The van der Waals surface area contributed by atoms with E-state index in [1.54, 1.807) is 36.2 Å². The Labute approximate surface area is 131 Å². The van der Waals surface area contributed by atoms with Crippen LogP contribution in [-0.4, -0.2) is 26.8 Å². The zero-order chi connectivity index (χ0) is 15.9. The van der Waals surface area contributed by atoms with E-state index in [1.807, 2.05) is 0 Å². The topological polar surface area (TPSA) is 75.4 Å². The Morgan fingerprint density at radius 1 is 1.41 bits per heavy atom. The van der Waals surface area contributed by atoms with E-state index in [9.17, 15) is 9.59 Å². The van der Waals surface area contributed by atoms with Crippen molar-refractivity contribution in [1.29, 1.82) is 0 Å². The molecule has 6 nitrogen and oxygen atoms in total. The van der Waals surface area contributed by atoms with E-state index >= 15 is 0 Å². The average Bonchev–Trinajstić information content (AvgIpc) is 2.87. The summed E-state index contributed by atoms with van der Waals surface area (Å²) in [4.78, 5) is 24.7. The molecule has 1 N–H and O–H groups in total. The maximum absolute atomic E-state index is 12.2. The third kappa shape index (κ3) is 2.46. The Bertz CT molecular complexity index is 769. The van der Waals surface area contributed by atoms with Gasteiger partial charge in [-0.25, -0.2) is 0 Å². The van der Waals surface area contributed by atoms with Crippen molar-refractivity contribution < 1.29 is 14.7 Å². The quantitative estimate of drug-likeness (QED) is 0.943. The smallest absolute Gasteiger partial charge is 0.325 e. The van der Waals surface area contributed by atoms with Crippen molar-refractivity contribution in [2.75, 3.05) is 4.90 Å². The second-order valence-corrected chi connectivity index (χ2v) is 5.53. The molecule has 1 aromatic heterocycles. The first kappa shape index (κ1) is 14.6. The van der Waals surface area contributed by atoms with Crippen LogP contribution in [0.1, 0.15) is 18.9 Å². The molecule has 2 aromatic rings. The van der Waals surface area contributed by atoms with Gasteiger partial charge in [-0.2, -0.15) is 5.10 Å². The molecule has 0 saturated heterocycles. The van der Waals surface area contributed by atoms with Gasteiger partial charge in [0.25, 0.3) is 0 Å². The molecule has 7 heteroatoms. The Morgan fingerprint density at radius 2 is 2.18 bits per heavy atom. The lowest BCUT2D eigenvalue weighted by Gasteiger charge is -2.28. The van der Waals surface area contributed by atoms with Gasteiger partial charge in [0.1, 0.15) is 6.54 Å². The van der Waals surface area contributed by atoms with Crippen LogP contribution in [0.25, 0.3) is 11.3 Å². The number of carboxylic acid groups (broad SMARTS) is 1. The molecule has 0 fully saturated rings. The number of hydrogen-bond donors (Lipinski definition) is 1. The van der Waals surface area contributed by atoms with Gasteiger partial charge >= 0.3 is 5.97 Å². The molecule has 2 heterocycles. The molecule has 0 radical (unpaired) electrons. The molecule has 3 rings (SSSR count). The average molecular weight is 320 g/mol. The molecular weight excluding hydrogens is 306 g/mol. The van der Waals surface area contributed by atoms with Crippen LogP contribution in [0, 0.1) is 0 Å². The summed E-state index contributed by atoms with van der Waals surface area (Å²) in [5.41, 5.74) is 3.00. The molecular formula is C15H14ClN3O3. The highest BCUT2D eigenvalue weighted by Gasteiger charge is 2.28. The van der Waals surface area contributed by atoms with Crippen molar-refractivity contribution >= 4 is 29.2 Å². The van der Waals surface area contributed by atoms with E-state index in [0.29, 0.717) is 23.7 Å². The summed E-state index contributed by atoms with van der Waals surface area (Å²) in [5, 5.41) is 13.8. The number of nitrogens with zero attached hydrogens (tertiary/aromatic N) is 3. The number of carboxylic acids is 1. The Balaban J connectivity index is 2.13. The van der Waals surface area contributed by atoms with Gasteiger partial charge in [-0.15, -0.1) is 0 Å². The SMILES string of the molecule is CCC(=O)N1Cc2cn(CC(=O)O)nc2-c2cc(Cl)ccc21. The van der Waals surface area contributed by atoms with Gasteiger partial charge in [-0.1, -0.05) is 18.5 Å². The molecule has 0 saturated carbocycles. The van der Waals surface area contributed by atoms with Gasteiger partial charge in [0.15, 0.2) is 0 Å². The molecule has 1 aliphatic rings. The lowest BCUT2D eigenvalue weighted by molar-refractivity contribution is -0.137. The number of aliphatic carboxylic acids is 1. The van der Waals surface area contributed by atoms with Crippen molar-refractivity contribution in [3.05, 3.63) is 35.0 Å². The fraction of sp³-hybridized carbons (Fsp3) is 0.267. The van der Waals surface area contributed by atoms with Gasteiger partial charge in [0.2, 0.25) is 5.91 Å². The lowest BCUT2D eigenvalue weighted by Crippen LogP contribution is -2.32. The van der Waals surface area contributed by atoms with Crippen LogP contribution in [0.15, 0.2) is 24.4 Å². The van der Waals surface area contributed by atoms with E-state index in [0.717, 1.165) is 16.8 Å². The molecule has 0 atom stereocenters. The second-order valence-electron chi connectivity index (χ2n) is 5.09. The summed E-state index contributed by atoms with van der Waals surface area (Å²) >= 11 is 6.06. The fourth-order valence-corrected chi connectivity index (χ4v) is 2.80. The first-order chi connectivity index (χ1) is 10.5. The van der Waals surface area contributed by atoms with Crippen LogP contribution >= 0.6 is 11.6 Å². The molecule has 0 unspecified atom stereocenters. The fourth-order valence-electron chi connectivity index (χ4n) is 2.63. The maximum atomic E-state index is 12.2. The van der Waals surface area contributed by atoms with Crippen molar-refractivity contribution in [3.63, 3.8) is 0 Å². The van der Waals surface area contributed by atoms with Crippen LogP contribution in [0.5, 0.6) is 0 Å². The number of halogens is 1. The second kappa shape index (κ2) is 5.46. The first-order valence-corrected chi connectivity index (χ1v) is 7.25. The standard InChI is InChI=1S/C15H14ClN3O3/c1-2-13(20)19-7-9-6-18(8-14(21)22)17-15(9)11-5-10(16)3-4-12(11)19/h3-6H,2,7-8H2,1H3,(H,21,22). The molecule has 1 aliphatic heterocycles. The number of carbonyl (C=O) groups is 2. The highest BCUT2D eigenvalue weighted by molar-refractivity contribution is 6.31. The Hall–Kier alpha value is -2.34. The molecule has 1 aromatic carbocycles. The molecule has 22 heavy (non-hydrogen) atoms.